The molecule has 0 radical (unpaired) electrons. The fraction of sp³-hybridized carbons (Fsp3) is 0.500. The van der Waals surface area contributed by atoms with Gasteiger partial charge in [-0.15, -0.1) is 11.3 Å². The summed E-state index contributed by atoms with van der Waals surface area (Å²) < 4.78 is 32.2. The molecule has 1 aliphatic carbocycles. The van der Waals surface area contributed by atoms with Crippen LogP contribution in [0.15, 0.2) is 11.4 Å². The first-order valence-corrected chi connectivity index (χ1v) is 9.10. The average molecular weight is 384 g/mol. The highest BCUT2D eigenvalue weighted by molar-refractivity contribution is 7.13. The van der Waals surface area contributed by atoms with E-state index in [1.54, 1.807) is 12.3 Å². The third-order valence-corrected chi connectivity index (χ3v) is 4.58. The van der Waals surface area contributed by atoms with E-state index in [4.69, 9.17) is 4.74 Å². The van der Waals surface area contributed by atoms with Crippen LogP contribution in [-0.4, -0.2) is 33.2 Å². The minimum atomic E-state index is -2.70. The number of esters is 1. The van der Waals surface area contributed by atoms with E-state index < -0.39 is 18.3 Å². The number of aromatic nitrogens is 3. The number of ether oxygens (including phenoxy) is 1. The standard InChI is InChI=1S/C16H18F2N4O3S/c1-2-25-14(24)5-10-8-26-16(19-10)20-13(23)7-22-12(15(17)18)6-11(21-22)9-3-4-9/h6,8-9,15H,2-5,7H2,1H3,(H,19,20,23). The van der Waals surface area contributed by atoms with Gasteiger partial charge < -0.3 is 10.1 Å². The molecule has 2 aromatic rings. The number of hydrogen-bond donors (Lipinski definition) is 1. The van der Waals surface area contributed by atoms with Crippen LogP contribution >= 0.6 is 11.3 Å². The largest absolute Gasteiger partial charge is 0.466 e. The van der Waals surface area contributed by atoms with E-state index in [1.165, 1.54) is 6.07 Å². The summed E-state index contributed by atoms with van der Waals surface area (Å²) in [6.45, 7) is 1.67. The maximum Gasteiger partial charge on any atom is 0.311 e. The van der Waals surface area contributed by atoms with Gasteiger partial charge in [-0.3, -0.25) is 14.3 Å². The smallest absolute Gasteiger partial charge is 0.311 e. The van der Waals surface area contributed by atoms with E-state index >= 15 is 0 Å². The number of anilines is 1. The van der Waals surface area contributed by atoms with Gasteiger partial charge in [-0.1, -0.05) is 0 Å². The summed E-state index contributed by atoms with van der Waals surface area (Å²) in [6, 6.07) is 1.37. The van der Waals surface area contributed by atoms with Gasteiger partial charge in [0.05, 0.1) is 24.4 Å². The number of nitrogens with one attached hydrogen (secondary N) is 1. The normalized spacial score (nSPS) is 13.8. The van der Waals surface area contributed by atoms with E-state index in [-0.39, 0.29) is 31.2 Å². The zero-order chi connectivity index (χ0) is 18.7. The molecule has 1 amide bonds. The van der Waals surface area contributed by atoms with Gasteiger partial charge in [0.25, 0.3) is 6.43 Å². The molecule has 0 spiro atoms. The zero-order valence-electron chi connectivity index (χ0n) is 14.1. The number of carbonyl (C=O) groups is 2. The Bertz CT molecular complexity index is 801. The van der Waals surface area contributed by atoms with Gasteiger partial charge in [-0.2, -0.15) is 5.10 Å². The minimum absolute atomic E-state index is 0.0135. The van der Waals surface area contributed by atoms with Gasteiger partial charge in [0.2, 0.25) is 5.91 Å². The first-order valence-electron chi connectivity index (χ1n) is 8.22. The maximum absolute atomic E-state index is 13.1. The van der Waals surface area contributed by atoms with Crippen LogP contribution in [0.1, 0.15) is 49.2 Å². The van der Waals surface area contributed by atoms with E-state index in [0.29, 0.717) is 16.5 Å². The van der Waals surface area contributed by atoms with Crippen LogP contribution in [-0.2, 0) is 27.3 Å². The van der Waals surface area contributed by atoms with Gasteiger partial charge in [0, 0.05) is 11.3 Å². The van der Waals surface area contributed by atoms with Gasteiger partial charge in [0.15, 0.2) is 5.13 Å². The van der Waals surface area contributed by atoms with Crippen molar-refractivity contribution in [1.82, 2.24) is 14.8 Å². The second kappa shape index (κ2) is 7.90. The Morgan fingerprint density at radius 3 is 2.88 bits per heavy atom. The fourth-order valence-corrected chi connectivity index (χ4v) is 3.16. The van der Waals surface area contributed by atoms with Crippen molar-refractivity contribution in [3.05, 3.63) is 28.5 Å². The molecule has 3 rings (SSSR count). The molecule has 1 N–H and O–H groups in total. The molecule has 0 unspecified atom stereocenters. The molecule has 26 heavy (non-hydrogen) atoms. The molecule has 0 atom stereocenters. The Labute approximate surface area is 152 Å². The molecule has 2 aromatic heterocycles. The van der Waals surface area contributed by atoms with Crippen molar-refractivity contribution in [3.63, 3.8) is 0 Å². The molecule has 0 aromatic carbocycles. The van der Waals surface area contributed by atoms with Crippen molar-refractivity contribution >= 4 is 28.3 Å². The SMILES string of the molecule is CCOC(=O)Cc1csc(NC(=O)Cn2nc(C3CC3)cc2C(F)F)n1. The van der Waals surface area contributed by atoms with E-state index in [9.17, 15) is 18.4 Å². The predicted octanol–water partition coefficient (Wildman–Crippen LogP) is 2.90. The van der Waals surface area contributed by atoms with Crippen molar-refractivity contribution in [2.75, 3.05) is 11.9 Å². The van der Waals surface area contributed by atoms with Crippen molar-refractivity contribution in [1.29, 1.82) is 0 Å². The highest BCUT2D eigenvalue weighted by Gasteiger charge is 2.29. The van der Waals surface area contributed by atoms with E-state index in [0.717, 1.165) is 28.9 Å². The number of carbonyl (C=O) groups excluding carboxylic acids is 2. The molecular formula is C16H18F2N4O3S. The first-order chi connectivity index (χ1) is 12.5. The van der Waals surface area contributed by atoms with Crippen LogP contribution in [0.2, 0.25) is 0 Å². The summed E-state index contributed by atoms with van der Waals surface area (Å²) in [5, 5.41) is 8.61. The fourth-order valence-electron chi connectivity index (χ4n) is 2.43. The Kier molecular flexibility index (Phi) is 5.60. The van der Waals surface area contributed by atoms with Gasteiger partial charge >= 0.3 is 5.97 Å². The highest BCUT2D eigenvalue weighted by atomic mass is 32.1. The number of nitrogens with zero attached hydrogens (tertiary/aromatic N) is 3. The molecule has 10 heteroatoms. The van der Waals surface area contributed by atoms with Crippen LogP contribution in [0, 0.1) is 0 Å². The minimum Gasteiger partial charge on any atom is -0.466 e. The molecule has 1 fully saturated rings. The van der Waals surface area contributed by atoms with Gasteiger partial charge in [-0.05, 0) is 25.8 Å². The Morgan fingerprint density at radius 2 is 2.23 bits per heavy atom. The lowest BCUT2D eigenvalue weighted by molar-refractivity contribution is -0.142. The number of amides is 1. The molecule has 140 valence electrons. The third-order valence-electron chi connectivity index (χ3n) is 3.77. The van der Waals surface area contributed by atoms with Crippen molar-refractivity contribution in [2.45, 2.75) is 45.1 Å². The second-order valence-electron chi connectivity index (χ2n) is 5.90. The molecule has 0 saturated heterocycles. The molecule has 1 aliphatic rings. The number of rotatable bonds is 8. The van der Waals surface area contributed by atoms with Crippen LogP contribution < -0.4 is 5.32 Å². The van der Waals surface area contributed by atoms with Crippen LogP contribution in [0.25, 0.3) is 0 Å². The van der Waals surface area contributed by atoms with Gasteiger partial charge in [0.1, 0.15) is 12.2 Å². The van der Waals surface area contributed by atoms with Crippen LogP contribution in [0.4, 0.5) is 13.9 Å². The predicted molar refractivity (Wildman–Crippen MR) is 90.2 cm³/mol. The monoisotopic (exact) mass is 384 g/mol. The topological polar surface area (TPSA) is 86.1 Å². The third kappa shape index (κ3) is 4.63. The number of thiazole rings is 1. The Hall–Kier alpha value is -2.36. The second-order valence-corrected chi connectivity index (χ2v) is 6.76. The molecule has 2 heterocycles. The maximum atomic E-state index is 13.1. The Balaban J connectivity index is 1.61. The number of halogens is 2. The molecular weight excluding hydrogens is 366 g/mol. The quantitative estimate of drug-likeness (QED) is 0.708. The van der Waals surface area contributed by atoms with E-state index in [1.807, 2.05) is 0 Å². The van der Waals surface area contributed by atoms with Crippen molar-refractivity contribution < 1.29 is 23.1 Å². The Morgan fingerprint density at radius 1 is 1.46 bits per heavy atom. The van der Waals surface area contributed by atoms with E-state index in [2.05, 4.69) is 15.4 Å². The van der Waals surface area contributed by atoms with Crippen molar-refractivity contribution in [3.8, 4) is 0 Å². The number of alkyl halides is 2. The summed E-state index contributed by atoms with van der Waals surface area (Å²) in [4.78, 5) is 27.7. The summed E-state index contributed by atoms with van der Waals surface area (Å²) in [7, 11) is 0. The molecule has 0 aliphatic heterocycles. The summed E-state index contributed by atoms with van der Waals surface area (Å²) in [5.41, 5.74) is 0.829. The molecule has 1 saturated carbocycles. The lowest BCUT2D eigenvalue weighted by atomic mass is 10.3. The first kappa shape index (κ1) is 18.4. The van der Waals surface area contributed by atoms with Crippen LogP contribution in [0.5, 0.6) is 0 Å². The van der Waals surface area contributed by atoms with Gasteiger partial charge in [-0.25, -0.2) is 13.8 Å². The summed E-state index contributed by atoms with van der Waals surface area (Å²) in [6.07, 6.45) is -0.805. The molecule has 7 nitrogen and oxygen atoms in total. The summed E-state index contributed by atoms with van der Waals surface area (Å²) in [5.74, 6) is -0.683. The summed E-state index contributed by atoms with van der Waals surface area (Å²) >= 11 is 1.15. The van der Waals surface area contributed by atoms with Crippen molar-refractivity contribution in [2.24, 2.45) is 0 Å². The average Bonchev–Trinajstić information content (AvgIpc) is 3.20. The lowest BCUT2D eigenvalue weighted by Gasteiger charge is -2.06. The number of hydrogen-bond acceptors (Lipinski definition) is 6. The zero-order valence-corrected chi connectivity index (χ0v) is 14.9. The molecule has 0 bridgehead atoms. The highest BCUT2D eigenvalue weighted by Crippen LogP contribution is 2.40. The lowest BCUT2D eigenvalue weighted by Crippen LogP contribution is -2.21. The van der Waals surface area contributed by atoms with Crippen LogP contribution in [0.3, 0.4) is 0 Å².